The number of alkyl halides is 3. The molecule has 0 fully saturated rings. The van der Waals surface area contributed by atoms with Gasteiger partial charge in [-0.1, -0.05) is 0 Å². The molecule has 0 unspecified atom stereocenters. The Morgan fingerprint density at radius 3 is 2.48 bits per heavy atom. The van der Waals surface area contributed by atoms with E-state index in [-0.39, 0.29) is 23.8 Å². The monoisotopic (exact) mass is 316 g/mol. The largest absolute Gasteiger partial charge is 0.433 e. The Morgan fingerprint density at radius 2 is 1.81 bits per heavy atom. The van der Waals surface area contributed by atoms with Gasteiger partial charge in [0.25, 0.3) is 0 Å². The third-order valence-electron chi connectivity index (χ3n) is 3.14. The maximum atomic E-state index is 13.1. The third kappa shape index (κ3) is 3.14. The van der Waals surface area contributed by atoms with Crippen LogP contribution in [0.1, 0.15) is 17.0 Å². The molecule has 1 aliphatic rings. The van der Waals surface area contributed by atoms with Gasteiger partial charge in [0.05, 0.1) is 5.69 Å². The molecule has 2 aromatic heterocycles. The van der Waals surface area contributed by atoms with Gasteiger partial charge in [-0.3, -0.25) is 4.98 Å². The van der Waals surface area contributed by atoms with Gasteiger partial charge in [-0.2, -0.15) is 13.2 Å². The van der Waals surface area contributed by atoms with Gasteiger partial charge < -0.3 is 5.32 Å². The molecule has 112 valence electrons. The highest BCUT2D eigenvalue weighted by atomic mass is 35.5. The van der Waals surface area contributed by atoms with Crippen molar-refractivity contribution in [2.45, 2.75) is 19.1 Å². The predicted molar refractivity (Wildman–Crippen MR) is 72.9 cm³/mol. The number of nitrogens with one attached hydrogen (secondary N) is 1. The van der Waals surface area contributed by atoms with Gasteiger partial charge in [-0.15, -0.1) is 12.4 Å². The molecule has 0 aliphatic carbocycles. The summed E-state index contributed by atoms with van der Waals surface area (Å²) in [5, 5.41) is 3.03. The van der Waals surface area contributed by atoms with Crippen LogP contribution in [0.15, 0.2) is 24.5 Å². The van der Waals surface area contributed by atoms with Crippen LogP contribution < -0.4 is 5.32 Å². The number of rotatable bonds is 1. The summed E-state index contributed by atoms with van der Waals surface area (Å²) in [6.45, 7) is 0.840. The zero-order valence-electron chi connectivity index (χ0n) is 10.8. The molecule has 0 radical (unpaired) electrons. The lowest BCUT2D eigenvalue weighted by Crippen LogP contribution is -2.28. The minimum absolute atomic E-state index is 0. The molecule has 0 bridgehead atoms. The molecule has 3 heterocycles. The average Bonchev–Trinajstić information content (AvgIpc) is 2.46. The maximum absolute atomic E-state index is 13.1. The molecule has 0 spiro atoms. The standard InChI is InChI=1S/C13H11F3N4.ClH/c14-13(15,16)11-9-3-6-18-7-10(9)19-12(20-11)8-1-4-17-5-2-8;/h1-2,4-5,18H,3,6-7H2;1H. The van der Waals surface area contributed by atoms with E-state index in [4.69, 9.17) is 0 Å². The lowest BCUT2D eigenvalue weighted by atomic mass is 10.0. The molecule has 8 heteroatoms. The van der Waals surface area contributed by atoms with Crippen LogP contribution in [0.4, 0.5) is 13.2 Å². The van der Waals surface area contributed by atoms with Gasteiger partial charge in [-0.25, -0.2) is 9.97 Å². The number of nitrogens with zero attached hydrogens (tertiary/aromatic N) is 3. The molecule has 2 aromatic rings. The highest BCUT2D eigenvalue weighted by Crippen LogP contribution is 2.34. The Balaban J connectivity index is 0.00000161. The Morgan fingerprint density at radius 1 is 1.10 bits per heavy atom. The molecule has 0 saturated heterocycles. The summed E-state index contributed by atoms with van der Waals surface area (Å²) in [4.78, 5) is 11.8. The molecule has 0 amide bonds. The summed E-state index contributed by atoms with van der Waals surface area (Å²) in [6, 6.07) is 3.19. The molecule has 3 rings (SSSR count). The summed E-state index contributed by atoms with van der Waals surface area (Å²) in [5.41, 5.74) is 0.328. The van der Waals surface area contributed by atoms with E-state index in [1.54, 1.807) is 12.1 Å². The van der Waals surface area contributed by atoms with E-state index in [0.29, 0.717) is 30.8 Å². The van der Waals surface area contributed by atoms with Crippen molar-refractivity contribution in [3.05, 3.63) is 41.5 Å². The fourth-order valence-corrected chi connectivity index (χ4v) is 2.22. The average molecular weight is 317 g/mol. The topological polar surface area (TPSA) is 50.7 Å². The molecule has 0 atom stereocenters. The zero-order chi connectivity index (χ0) is 14.2. The van der Waals surface area contributed by atoms with Gasteiger partial charge in [0.15, 0.2) is 11.5 Å². The van der Waals surface area contributed by atoms with E-state index in [1.165, 1.54) is 12.4 Å². The van der Waals surface area contributed by atoms with E-state index < -0.39 is 11.9 Å². The Bertz CT molecular complexity index is 631. The van der Waals surface area contributed by atoms with Crippen molar-refractivity contribution in [3.63, 3.8) is 0 Å². The van der Waals surface area contributed by atoms with E-state index >= 15 is 0 Å². The Labute approximate surface area is 125 Å². The lowest BCUT2D eigenvalue weighted by molar-refractivity contribution is -0.142. The summed E-state index contributed by atoms with van der Waals surface area (Å²) in [5.74, 6) is 0.0853. The van der Waals surface area contributed by atoms with Crippen molar-refractivity contribution in [2.24, 2.45) is 0 Å². The van der Waals surface area contributed by atoms with Crippen LogP contribution in [-0.4, -0.2) is 21.5 Å². The Kier molecular flexibility index (Phi) is 4.43. The van der Waals surface area contributed by atoms with Crippen LogP contribution in [0.2, 0.25) is 0 Å². The van der Waals surface area contributed by atoms with Crippen molar-refractivity contribution < 1.29 is 13.2 Å². The number of fused-ring (bicyclic) bond motifs is 1. The first-order valence-electron chi connectivity index (χ1n) is 6.14. The number of halogens is 4. The van der Waals surface area contributed by atoms with E-state index in [9.17, 15) is 13.2 Å². The predicted octanol–water partition coefficient (Wildman–Crippen LogP) is 2.62. The highest BCUT2D eigenvalue weighted by Gasteiger charge is 2.38. The molecule has 1 aliphatic heterocycles. The first-order chi connectivity index (χ1) is 9.55. The van der Waals surface area contributed by atoms with Crippen molar-refractivity contribution in [3.8, 4) is 11.4 Å². The SMILES string of the molecule is Cl.FC(F)(F)c1nc(-c2ccncc2)nc2c1CCNC2. The van der Waals surface area contributed by atoms with E-state index in [1.807, 2.05) is 0 Å². The summed E-state index contributed by atoms with van der Waals surface area (Å²) >= 11 is 0. The first-order valence-corrected chi connectivity index (χ1v) is 6.14. The van der Waals surface area contributed by atoms with Gasteiger partial charge >= 0.3 is 6.18 Å². The first kappa shape index (κ1) is 15.7. The van der Waals surface area contributed by atoms with Crippen molar-refractivity contribution in [1.29, 1.82) is 0 Å². The maximum Gasteiger partial charge on any atom is 0.433 e. The Hall–Kier alpha value is -1.73. The normalized spacial score (nSPS) is 14.2. The fraction of sp³-hybridized carbons (Fsp3) is 0.308. The van der Waals surface area contributed by atoms with Crippen LogP contribution in [0.5, 0.6) is 0 Å². The number of hydrogen-bond donors (Lipinski definition) is 1. The lowest BCUT2D eigenvalue weighted by Gasteiger charge is -2.21. The van der Waals surface area contributed by atoms with Crippen LogP contribution in [0, 0.1) is 0 Å². The third-order valence-corrected chi connectivity index (χ3v) is 3.14. The molecular weight excluding hydrogens is 305 g/mol. The van der Waals surface area contributed by atoms with Gasteiger partial charge in [0.2, 0.25) is 0 Å². The van der Waals surface area contributed by atoms with Gasteiger partial charge in [-0.05, 0) is 25.1 Å². The summed E-state index contributed by atoms with van der Waals surface area (Å²) in [6.07, 6.45) is -1.17. The van der Waals surface area contributed by atoms with E-state index in [0.717, 1.165) is 0 Å². The van der Waals surface area contributed by atoms with E-state index in [2.05, 4.69) is 20.3 Å². The molecule has 0 saturated carbocycles. The van der Waals surface area contributed by atoms with Crippen molar-refractivity contribution in [1.82, 2.24) is 20.3 Å². The molecule has 4 nitrogen and oxygen atoms in total. The van der Waals surface area contributed by atoms with Crippen molar-refractivity contribution in [2.75, 3.05) is 6.54 Å². The molecule has 0 aromatic carbocycles. The quantitative estimate of drug-likeness (QED) is 0.878. The van der Waals surface area contributed by atoms with Gasteiger partial charge in [0, 0.05) is 30.1 Å². The highest BCUT2D eigenvalue weighted by molar-refractivity contribution is 5.85. The van der Waals surface area contributed by atoms with Crippen LogP contribution in [-0.2, 0) is 19.1 Å². The van der Waals surface area contributed by atoms with Crippen molar-refractivity contribution >= 4 is 12.4 Å². The smallest absolute Gasteiger partial charge is 0.311 e. The fourth-order valence-electron chi connectivity index (χ4n) is 2.22. The van der Waals surface area contributed by atoms with Gasteiger partial charge in [0.1, 0.15) is 0 Å². The second kappa shape index (κ2) is 5.95. The van der Waals surface area contributed by atoms with Crippen LogP contribution in [0.25, 0.3) is 11.4 Å². The summed E-state index contributed by atoms with van der Waals surface area (Å²) < 4.78 is 39.4. The number of aromatic nitrogens is 3. The van der Waals surface area contributed by atoms with Crippen LogP contribution in [0.3, 0.4) is 0 Å². The second-order valence-corrected chi connectivity index (χ2v) is 4.48. The molecule has 21 heavy (non-hydrogen) atoms. The second-order valence-electron chi connectivity index (χ2n) is 4.48. The number of pyridine rings is 1. The zero-order valence-corrected chi connectivity index (χ0v) is 11.6. The van der Waals surface area contributed by atoms with Crippen LogP contribution >= 0.6 is 12.4 Å². The number of hydrogen-bond acceptors (Lipinski definition) is 4. The molecular formula is C13H12ClF3N4. The summed E-state index contributed by atoms with van der Waals surface area (Å²) in [7, 11) is 0. The minimum atomic E-state index is -4.47. The minimum Gasteiger partial charge on any atom is -0.311 e. The molecule has 1 N–H and O–H groups in total.